The van der Waals surface area contributed by atoms with Crippen LogP contribution in [-0.4, -0.2) is 11.1 Å². The molecule has 0 amide bonds. The lowest BCUT2D eigenvalue weighted by atomic mass is 10.1. The van der Waals surface area contributed by atoms with E-state index in [0.29, 0.717) is 17.7 Å². The third-order valence-corrected chi connectivity index (χ3v) is 2.53. The van der Waals surface area contributed by atoms with Crippen LogP contribution < -0.4 is 4.84 Å². The van der Waals surface area contributed by atoms with Gasteiger partial charge in [0.15, 0.2) is 0 Å². The van der Waals surface area contributed by atoms with Gasteiger partial charge in [-0.25, -0.2) is 4.84 Å². The topological polar surface area (TPSA) is 32.3 Å². The van der Waals surface area contributed by atoms with Gasteiger partial charge >= 0.3 is 0 Å². The minimum atomic E-state index is 0.315. The Morgan fingerprint density at radius 2 is 2.00 bits per heavy atom. The molecule has 0 aromatic heterocycles. The molecule has 1 aromatic carbocycles. The van der Waals surface area contributed by atoms with E-state index in [-0.39, 0.29) is 0 Å². The van der Waals surface area contributed by atoms with Gasteiger partial charge in [-0.3, -0.25) is 0 Å². The Kier molecular flexibility index (Phi) is 1.95. The number of phenolic OH excluding ortho intramolecular Hbond substituents is 1. The molecular weight excluding hydrogens is 174 g/mol. The summed E-state index contributed by atoms with van der Waals surface area (Å²) in [7, 11) is 0. The maximum absolute atomic E-state index is 9.04. The molecule has 1 fully saturated rings. The van der Waals surface area contributed by atoms with Crippen LogP contribution in [0.4, 0.5) is 0 Å². The van der Waals surface area contributed by atoms with Gasteiger partial charge in [-0.15, -0.1) is 0 Å². The van der Waals surface area contributed by atoms with Crippen molar-refractivity contribution in [3.8, 4) is 5.75 Å². The first-order chi connectivity index (χ1) is 5.81. The fraction of sp³-hybridized carbons (Fsp3) is 0.333. The third kappa shape index (κ3) is 1.40. The van der Waals surface area contributed by atoms with Crippen molar-refractivity contribution in [3.05, 3.63) is 29.8 Å². The molecule has 0 spiro atoms. The largest absolute Gasteiger partial charge is 0.508 e. The summed E-state index contributed by atoms with van der Waals surface area (Å²) in [4.78, 5) is 2.71. The Morgan fingerprint density at radius 1 is 1.33 bits per heavy atom. The van der Waals surface area contributed by atoms with Gasteiger partial charge in [0.1, 0.15) is 5.75 Å². The third-order valence-electron chi connectivity index (χ3n) is 2.25. The summed E-state index contributed by atoms with van der Waals surface area (Å²) in [6, 6.07) is 7.71. The van der Waals surface area contributed by atoms with Gasteiger partial charge in [0.25, 0.3) is 0 Å². The molecule has 1 saturated carbocycles. The van der Waals surface area contributed by atoms with Gasteiger partial charge in [0.05, 0.1) is 0 Å². The van der Waals surface area contributed by atoms with E-state index in [1.165, 1.54) is 5.56 Å². The molecule has 0 heterocycles. The zero-order valence-electron chi connectivity index (χ0n) is 6.50. The second kappa shape index (κ2) is 2.96. The highest BCUT2D eigenvalue weighted by molar-refractivity contribution is 6.13. The second-order valence-electron chi connectivity index (χ2n) is 3.15. The summed E-state index contributed by atoms with van der Waals surface area (Å²) >= 11 is 5.48. The molecule has 3 heteroatoms. The molecule has 0 saturated heterocycles. The minimum Gasteiger partial charge on any atom is -0.508 e. The average Bonchev–Trinajstić information content (AvgIpc) is 2.85. The zero-order valence-corrected chi connectivity index (χ0v) is 7.25. The van der Waals surface area contributed by atoms with Crippen LogP contribution in [0.2, 0.25) is 0 Å². The molecule has 2 nitrogen and oxygen atoms in total. The smallest absolute Gasteiger partial charge is 0.115 e. The summed E-state index contributed by atoms with van der Waals surface area (Å²) in [5, 5.41) is 9.04. The van der Waals surface area contributed by atoms with Crippen molar-refractivity contribution >= 4 is 11.8 Å². The van der Waals surface area contributed by atoms with Crippen molar-refractivity contribution in [1.29, 1.82) is 0 Å². The Hall–Kier alpha value is -0.730. The molecule has 0 aliphatic heterocycles. The predicted octanol–water partition coefficient (Wildman–Crippen LogP) is 1.99. The van der Waals surface area contributed by atoms with Crippen LogP contribution in [0.25, 0.3) is 0 Å². The molecule has 0 radical (unpaired) electrons. The lowest BCUT2D eigenvalue weighted by Crippen LogP contribution is -2.02. The monoisotopic (exact) mass is 183 g/mol. The zero-order chi connectivity index (χ0) is 8.55. The van der Waals surface area contributed by atoms with E-state index in [0.717, 1.165) is 6.42 Å². The van der Waals surface area contributed by atoms with Gasteiger partial charge in [0, 0.05) is 12.0 Å². The SMILES string of the molecule is Oc1ccc(C2CC2NCl)cc1. The van der Waals surface area contributed by atoms with E-state index in [9.17, 15) is 0 Å². The number of aromatic hydroxyl groups is 1. The lowest BCUT2D eigenvalue weighted by Gasteiger charge is -1.98. The molecule has 1 aromatic rings. The van der Waals surface area contributed by atoms with Crippen LogP contribution in [-0.2, 0) is 0 Å². The van der Waals surface area contributed by atoms with E-state index in [2.05, 4.69) is 4.84 Å². The number of nitrogens with one attached hydrogen (secondary N) is 1. The van der Waals surface area contributed by atoms with Gasteiger partial charge in [0.2, 0.25) is 0 Å². The fourth-order valence-electron chi connectivity index (χ4n) is 1.41. The van der Waals surface area contributed by atoms with Crippen LogP contribution in [0.15, 0.2) is 24.3 Å². The van der Waals surface area contributed by atoms with E-state index in [4.69, 9.17) is 16.9 Å². The predicted molar refractivity (Wildman–Crippen MR) is 48.2 cm³/mol. The highest BCUT2D eigenvalue weighted by atomic mass is 35.5. The number of phenols is 1. The normalized spacial score (nSPS) is 27.1. The first-order valence-electron chi connectivity index (χ1n) is 3.96. The van der Waals surface area contributed by atoms with Crippen LogP contribution in [0.1, 0.15) is 17.9 Å². The number of benzene rings is 1. The van der Waals surface area contributed by atoms with Crippen molar-refractivity contribution in [3.63, 3.8) is 0 Å². The van der Waals surface area contributed by atoms with Crippen LogP contribution in [0.3, 0.4) is 0 Å². The summed E-state index contributed by atoms with van der Waals surface area (Å²) < 4.78 is 0. The number of hydrogen-bond donors (Lipinski definition) is 2. The summed E-state index contributed by atoms with van der Waals surface area (Å²) in [6.45, 7) is 0. The van der Waals surface area contributed by atoms with Crippen molar-refractivity contribution in [2.45, 2.75) is 18.4 Å². The molecule has 64 valence electrons. The Bertz CT molecular complexity index is 272. The summed E-state index contributed by atoms with van der Waals surface area (Å²) in [5.41, 5.74) is 1.24. The van der Waals surface area contributed by atoms with Crippen molar-refractivity contribution < 1.29 is 5.11 Å². The highest BCUT2D eigenvalue weighted by Gasteiger charge is 2.37. The maximum Gasteiger partial charge on any atom is 0.115 e. The Balaban J connectivity index is 2.10. The van der Waals surface area contributed by atoms with E-state index >= 15 is 0 Å². The van der Waals surface area contributed by atoms with E-state index < -0.39 is 0 Å². The Labute approximate surface area is 76.3 Å². The molecule has 1 aliphatic rings. The number of rotatable bonds is 2. The van der Waals surface area contributed by atoms with Gasteiger partial charge < -0.3 is 5.11 Å². The standard InChI is InChI=1S/C9H10ClNO/c10-11-9-5-8(9)6-1-3-7(12)4-2-6/h1-4,8-9,11-12H,5H2. The molecule has 2 N–H and O–H groups in total. The molecule has 1 aliphatic carbocycles. The second-order valence-corrected chi connectivity index (χ2v) is 3.37. The first-order valence-corrected chi connectivity index (χ1v) is 4.34. The molecule has 2 unspecified atom stereocenters. The van der Waals surface area contributed by atoms with Gasteiger partial charge in [-0.1, -0.05) is 12.1 Å². The highest BCUT2D eigenvalue weighted by Crippen LogP contribution is 2.41. The van der Waals surface area contributed by atoms with Crippen molar-refractivity contribution in [1.82, 2.24) is 4.84 Å². The van der Waals surface area contributed by atoms with Crippen molar-refractivity contribution in [2.75, 3.05) is 0 Å². The van der Waals surface area contributed by atoms with Crippen LogP contribution >= 0.6 is 11.8 Å². The molecule has 2 atom stereocenters. The fourth-order valence-corrected chi connectivity index (χ4v) is 1.65. The van der Waals surface area contributed by atoms with Crippen LogP contribution in [0.5, 0.6) is 5.75 Å². The minimum absolute atomic E-state index is 0.315. The molecule has 2 rings (SSSR count). The van der Waals surface area contributed by atoms with E-state index in [1.807, 2.05) is 12.1 Å². The summed E-state index contributed by atoms with van der Waals surface area (Å²) in [5.74, 6) is 0.845. The average molecular weight is 184 g/mol. The molecular formula is C9H10ClNO. The first kappa shape index (κ1) is 7.90. The van der Waals surface area contributed by atoms with Gasteiger partial charge in [-0.2, -0.15) is 0 Å². The quantitative estimate of drug-likeness (QED) is 0.688. The molecule has 12 heavy (non-hydrogen) atoms. The van der Waals surface area contributed by atoms with E-state index in [1.54, 1.807) is 12.1 Å². The number of halogens is 1. The van der Waals surface area contributed by atoms with Crippen molar-refractivity contribution in [2.24, 2.45) is 0 Å². The lowest BCUT2D eigenvalue weighted by molar-refractivity contribution is 0.475. The Morgan fingerprint density at radius 3 is 2.50 bits per heavy atom. The summed E-state index contributed by atoms with van der Waals surface area (Å²) in [6.07, 6.45) is 1.09. The van der Waals surface area contributed by atoms with Crippen LogP contribution in [0, 0.1) is 0 Å². The maximum atomic E-state index is 9.04. The van der Waals surface area contributed by atoms with Gasteiger partial charge in [-0.05, 0) is 35.9 Å². The molecule has 0 bridgehead atoms. The number of hydrogen-bond acceptors (Lipinski definition) is 2.